The fourth-order valence-electron chi connectivity index (χ4n) is 3.76. The maximum Gasteiger partial charge on any atom is 0.349 e. The second-order valence-corrected chi connectivity index (χ2v) is 8.56. The molecule has 176 valence electrons. The van der Waals surface area contributed by atoms with Gasteiger partial charge in [-0.15, -0.1) is 0 Å². The molecule has 3 aromatic rings. The van der Waals surface area contributed by atoms with Crippen LogP contribution in [0, 0.1) is 31.1 Å². The van der Waals surface area contributed by atoms with Crippen LogP contribution in [0.1, 0.15) is 43.3 Å². The van der Waals surface area contributed by atoms with Gasteiger partial charge in [-0.05, 0) is 49.6 Å². The van der Waals surface area contributed by atoms with E-state index in [0.29, 0.717) is 22.6 Å². The molecule has 8 nitrogen and oxygen atoms in total. The van der Waals surface area contributed by atoms with Crippen molar-refractivity contribution in [3.63, 3.8) is 0 Å². The number of nitrogens with zero attached hydrogens (tertiary/aromatic N) is 2. The third kappa shape index (κ3) is 5.62. The topological polar surface area (TPSA) is 114 Å². The Morgan fingerprint density at radius 1 is 1.24 bits per heavy atom. The van der Waals surface area contributed by atoms with Gasteiger partial charge >= 0.3 is 11.6 Å². The van der Waals surface area contributed by atoms with Crippen LogP contribution in [0.5, 0.6) is 0 Å². The highest BCUT2D eigenvalue weighted by Gasteiger charge is 2.16. The standard InChI is InChI=1S/C26H27N3O5/c1-15(2)13-29-16(3)8-19(17(29)4)9-20(12-27)26(32)33-14-21-10-25(31)34-24-11-22(28-18(5)30)6-7-23(21)24/h6-11,15H,13-14H2,1-5H3,(H,28,30)/b20-9+. The van der Waals surface area contributed by atoms with Crippen molar-refractivity contribution >= 4 is 34.6 Å². The zero-order valence-electron chi connectivity index (χ0n) is 19.9. The number of carbonyl (C=O) groups is 2. The normalized spacial score (nSPS) is 11.5. The zero-order valence-corrected chi connectivity index (χ0v) is 19.9. The molecule has 0 saturated carbocycles. The molecule has 1 N–H and O–H groups in total. The first kappa shape index (κ1) is 24.5. The molecular formula is C26H27N3O5. The number of fused-ring (bicyclic) bond motifs is 1. The Balaban J connectivity index is 1.84. The molecule has 0 bridgehead atoms. The number of amides is 1. The molecule has 1 amide bonds. The van der Waals surface area contributed by atoms with Crippen LogP contribution in [0.2, 0.25) is 0 Å². The van der Waals surface area contributed by atoms with Crippen LogP contribution in [0.3, 0.4) is 0 Å². The highest BCUT2D eigenvalue weighted by molar-refractivity contribution is 5.98. The first-order chi connectivity index (χ1) is 16.1. The number of hydrogen-bond acceptors (Lipinski definition) is 6. The third-order valence-electron chi connectivity index (χ3n) is 5.31. The number of carbonyl (C=O) groups excluding carboxylic acids is 2. The number of nitriles is 1. The van der Waals surface area contributed by atoms with E-state index in [1.165, 1.54) is 25.1 Å². The Hall–Kier alpha value is -4.12. The predicted molar refractivity (Wildman–Crippen MR) is 129 cm³/mol. The van der Waals surface area contributed by atoms with Gasteiger partial charge in [0.25, 0.3) is 0 Å². The lowest BCUT2D eigenvalue weighted by atomic mass is 10.1. The number of nitrogens with one attached hydrogen (secondary N) is 1. The molecule has 0 atom stereocenters. The van der Waals surface area contributed by atoms with Crippen LogP contribution in [-0.2, 0) is 27.5 Å². The van der Waals surface area contributed by atoms with E-state index in [4.69, 9.17) is 9.15 Å². The Kier molecular flexibility index (Phi) is 7.37. The van der Waals surface area contributed by atoms with Crippen LogP contribution in [0.4, 0.5) is 5.69 Å². The van der Waals surface area contributed by atoms with Gasteiger partial charge in [0.1, 0.15) is 23.8 Å². The minimum atomic E-state index is -0.785. The molecule has 8 heteroatoms. The summed E-state index contributed by atoms with van der Waals surface area (Å²) in [7, 11) is 0. The van der Waals surface area contributed by atoms with E-state index < -0.39 is 11.6 Å². The molecule has 34 heavy (non-hydrogen) atoms. The van der Waals surface area contributed by atoms with E-state index >= 15 is 0 Å². The van der Waals surface area contributed by atoms with Gasteiger partial charge in [0.15, 0.2) is 0 Å². The summed E-state index contributed by atoms with van der Waals surface area (Å²) in [6.45, 7) is 10.2. The maximum atomic E-state index is 12.7. The Bertz CT molecular complexity index is 1390. The van der Waals surface area contributed by atoms with Gasteiger partial charge in [0, 0.05) is 53.6 Å². The summed E-state index contributed by atoms with van der Waals surface area (Å²) < 4.78 is 12.7. The Morgan fingerprint density at radius 2 is 1.97 bits per heavy atom. The quantitative estimate of drug-likeness (QED) is 0.240. The van der Waals surface area contributed by atoms with Gasteiger partial charge in [0.2, 0.25) is 5.91 Å². The average Bonchev–Trinajstić information content (AvgIpc) is 3.01. The number of benzene rings is 1. The summed E-state index contributed by atoms with van der Waals surface area (Å²) in [5, 5.41) is 12.7. The van der Waals surface area contributed by atoms with Crippen LogP contribution in [0.25, 0.3) is 17.0 Å². The maximum absolute atomic E-state index is 12.7. The summed E-state index contributed by atoms with van der Waals surface area (Å²) >= 11 is 0. The van der Waals surface area contributed by atoms with Gasteiger partial charge in [-0.1, -0.05) is 13.8 Å². The van der Waals surface area contributed by atoms with Crippen molar-refractivity contribution in [3.05, 3.63) is 68.8 Å². The predicted octanol–water partition coefficient (Wildman–Crippen LogP) is 4.48. The third-order valence-corrected chi connectivity index (χ3v) is 5.31. The van der Waals surface area contributed by atoms with E-state index in [1.54, 1.807) is 12.1 Å². The van der Waals surface area contributed by atoms with E-state index in [1.807, 2.05) is 26.0 Å². The lowest BCUT2D eigenvalue weighted by Gasteiger charge is -2.12. The Labute approximate surface area is 197 Å². The molecule has 0 unspecified atom stereocenters. The summed E-state index contributed by atoms with van der Waals surface area (Å²) in [6.07, 6.45) is 1.53. The zero-order chi connectivity index (χ0) is 25.0. The molecule has 3 rings (SSSR count). The lowest BCUT2D eigenvalue weighted by molar-refractivity contribution is -0.139. The second-order valence-electron chi connectivity index (χ2n) is 8.56. The summed E-state index contributed by atoms with van der Waals surface area (Å²) in [5.74, 6) is -0.588. The van der Waals surface area contributed by atoms with Gasteiger partial charge in [-0.3, -0.25) is 4.79 Å². The fourth-order valence-corrected chi connectivity index (χ4v) is 3.76. The number of hydrogen-bond donors (Lipinski definition) is 1. The van der Waals surface area contributed by atoms with Crippen molar-refractivity contribution in [1.82, 2.24) is 4.57 Å². The average molecular weight is 462 g/mol. The first-order valence-corrected chi connectivity index (χ1v) is 10.9. The number of rotatable bonds is 7. The molecule has 2 aromatic heterocycles. The van der Waals surface area contributed by atoms with Crippen molar-refractivity contribution < 1.29 is 18.7 Å². The number of esters is 1. The van der Waals surface area contributed by atoms with Gasteiger partial charge in [-0.25, -0.2) is 9.59 Å². The van der Waals surface area contributed by atoms with Crippen LogP contribution in [-0.4, -0.2) is 16.4 Å². The highest BCUT2D eigenvalue weighted by Crippen LogP contribution is 2.23. The van der Waals surface area contributed by atoms with Crippen LogP contribution >= 0.6 is 0 Å². The van der Waals surface area contributed by atoms with E-state index in [-0.39, 0.29) is 23.7 Å². The monoisotopic (exact) mass is 461 g/mol. The molecule has 1 aromatic carbocycles. The lowest BCUT2D eigenvalue weighted by Crippen LogP contribution is -2.10. The van der Waals surface area contributed by atoms with E-state index in [9.17, 15) is 19.6 Å². The minimum Gasteiger partial charge on any atom is -0.457 e. The Morgan fingerprint density at radius 3 is 2.62 bits per heavy atom. The highest BCUT2D eigenvalue weighted by atomic mass is 16.5. The van der Waals surface area contributed by atoms with Crippen LogP contribution in [0.15, 0.2) is 45.1 Å². The van der Waals surface area contributed by atoms with Crippen molar-refractivity contribution in [3.8, 4) is 6.07 Å². The summed E-state index contributed by atoms with van der Waals surface area (Å²) in [6, 6.07) is 9.93. The minimum absolute atomic E-state index is 0.134. The van der Waals surface area contributed by atoms with Gasteiger partial charge in [-0.2, -0.15) is 5.26 Å². The molecule has 0 fully saturated rings. The van der Waals surface area contributed by atoms with Crippen molar-refractivity contribution in [2.45, 2.75) is 47.8 Å². The summed E-state index contributed by atoms with van der Waals surface area (Å²) in [4.78, 5) is 35.9. The molecule has 0 spiro atoms. The molecule has 0 aliphatic carbocycles. The summed E-state index contributed by atoms with van der Waals surface area (Å²) in [5.41, 5.74) is 3.19. The molecule has 2 heterocycles. The molecule has 0 radical (unpaired) electrons. The number of ether oxygens (including phenoxy) is 1. The van der Waals surface area contributed by atoms with Gasteiger partial charge in [0.05, 0.1) is 0 Å². The largest absolute Gasteiger partial charge is 0.457 e. The van der Waals surface area contributed by atoms with Crippen molar-refractivity contribution in [2.75, 3.05) is 5.32 Å². The fraction of sp³-hybridized carbons (Fsp3) is 0.308. The van der Waals surface area contributed by atoms with Crippen molar-refractivity contribution in [2.24, 2.45) is 5.92 Å². The SMILES string of the molecule is CC(=O)Nc1ccc2c(COC(=O)/C(C#N)=C/c3cc(C)n(CC(C)C)c3C)cc(=O)oc2c1. The van der Waals surface area contributed by atoms with Crippen molar-refractivity contribution in [1.29, 1.82) is 5.26 Å². The molecular weight excluding hydrogens is 434 g/mol. The van der Waals surface area contributed by atoms with Gasteiger partial charge < -0.3 is 19.0 Å². The first-order valence-electron chi connectivity index (χ1n) is 10.9. The molecule has 0 aliphatic heterocycles. The molecule has 0 aliphatic rings. The smallest absolute Gasteiger partial charge is 0.349 e. The molecule has 0 saturated heterocycles. The van der Waals surface area contributed by atoms with E-state index in [0.717, 1.165) is 23.5 Å². The van der Waals surface area contributed by atoms with E-state index in [2.05, 4.69) is 23.7 Å². The second kappa shape index (κ2) is 10.2. The number of aromatic nitrogens is 1. The number of anilines is 1. The van der Waals surface area contributed by atoms with Crippen LogP contribution < -0.4 is 10.9 Å². The number of aryl methyl sites for hydroxylation is 1.